The summed E-state index contributed by atoms with van der Waals surface area (Å²) in [7, 11) is 3.89. The van der Waals surface area contributed by atoms with Gasteiger partial charge in [-0.1, -0.05) is 0 Å². The number of halogens is 1. The molecule has 0 saturated heterocycles. The molecule has 82 valence electrons. The minimum atomic E-state index is -0.803. The van der Waals surface area contributed by atoms with Gasteiger partial charge in [-0.15, -0.1) is 0 Å². The Morgan fingerprint density at radius 2 is 1.87 bits per heavy atom. The van der Waals surface area contributed by atoms with Crippen molar-refractivity contribution in [2.45, 2.75) is 0 Å². The van der Waals surface area contributed by atoms with Crippen molar-refractivity contribution < 1.29 is 23.4 Å². The van der Waals surface area contributed by atoms with Crippen molar-refractivity contribution in [2.24, 2.45) is 0 Å². The van der Waals surface area contributed by atoms with Crippen LogP contribution in [0.15, 0.2) is 12.1 Å². The van der Waals surface area contributed by atoms with Gasteiger partial charge < -0.3 is 14.2 Å². The van der Waals surface area contributed by atoms with Crippen LogP contribution in [-0.2, 0) is 4.74 Å². The third kappa shape index (κ3) is 2.01. The van der Waals surface area contributed by atoms with Crippen LogP contribution in [0.4, 0.5) is 4.39 Å². The molecule has 4 nitrogen and oxygen atoms in total. The van der Waals surface area contributed by atoms with Crippen LogP contribution in [0.2, 0.25) is 0 Å². The maximum absolute atomic E-state index is 13.4. The fourth-order valence-corrected chi connectivity index (χ4v) is 1.20. The first kappa shape index (κ1) is 11.3. The Hall–Kier alpha value is -1.78. The van der Waals surface area contributed by atoms with Crippen LogP contribution in [-0.4, -0.2) is 27.3 Å². The summed E-state index contributed by atoms with van der Waals surface area (Å²) in [6.07, 6.45) is 0. The van der Waals surface area contributed by atoms with E-state index in [1.165, 1.54) is 27.4 Å². The van der Waals surface area contributed by atoms with E-state index in [-0.39, 0.29) is 17.1 Å². The van der Waals surface area contributed by atoms with Crippen LogP contribution in [0, 0.1) is 5.82 Å². The first-order chi connectivity index (χ1) is 7.15. The highest BCUT2D eigenvalue weighted by Gasteiger charge is 2.22. The molecule has 0 aliphatic carbocycles. The van der Waals surface area contributed by atoms with Crippen molar-refractivity contribution in [2.75, 3.05) is 21.3 Å². The summed E-state index contributed by atoms with van der Waals surface area (Å²) in [5.41, 5.74) is -0.264. The molecular weight excluding hydrogens is 203 g/mol. The lowest BCUT2D eigenvalue weighted by atomic mass is 10.1. The Labute approximate surface area is 86.6 Å². The topological polar surface area (TPSA) is 44.8 Å². The van der Waals surface area contributed by atoms with E-state index >= 15 is 0 Å². The van der Waals surface area contributed by atoms with Crippen LogP contribution >= 0.6 is 0 Å². The van der Waals surface area contributed by atoms with Gasteiger partial charge in [-0.3, -0.25) is 0 Å². The van der Waals surface area contributed by atoms with Crippen molar-refractivity contribution in [3.8, 4) is 11.5 Å². The lowest BCUT2D eigenvalue weighted by Gasteiger charge is -2.11. The van der Waals surface area contributed by atoms with Crippen molar-refractivity contribution >= 4 is 5.97 Å². The molecule has 0 aromatic heterocycles. The lowest BCUT2D eigenvalue weighted by molar-refractivity contribution is 0.0590. The molecule has 1 aromatic rings. The summed E-state index contributed by atoms with van der Waals surface area (Å²) in [6, 6.07) is 2.49. The number of carbonyl (C=O) groups is 1. The van der Waals surface area contributed by atoms with Crippen LogP contribution in [0.5, 0.6) is 11.5 Å². The number of hydrogen-bond acceptors (Lipinski definition) is 4. The zero-order valence-electron chi connectivity index (χ0n) is 8.67. The van der Waals surface area contributed by atoms with E-state index in [2.05, 4.69) is 4.74 Å². The Balaban J connectivity index is 3.38. The molecule has 15 heavy (non-hydrogen) atoms. The zero-order valence-corrected chi connectivity index (χ0v) is 8.67. The van der Waals surface area contributed by atoms with Gasteiger partial charge in [0.2, 0.25) is 0 Å². The molecule has 0 aliphatic rings. The summed E-state index contributed by atoms with van der Waals surface area (Å²) >= 11 is 0. The molecular formula is C10H11FO4. The maximum atomic E-state index is 13.4. The molecule has 1 aromatic carbocycles. The molecule has 0 aliphatic heterocycles. The highest BCUT2D eigenvalue weighted by molar-refractivity contribution is 5.93. The summed E-state index contributed by atoms with van der Waals surface area (Å²) < 4.78 is 27.6. The minimum Gasteiger partial charge on any atom is -0.493 e. The van der Waals surface area contributed by atoms with Gasteiger partial charge in [0.1, 0.15) is 11.4 Å². The van der Waals surface area contributed by atoms with E-state index < -0.39 is 11.8 Å². The van der Waals surface area contributed by atoms with Crippen LogP contribution in [0.1, 0.15) is 10.4 Å². The van der Waals surface area contributed by atoms with E-state index in [1.807, 2.05) is 0 Å². The highest BCUT2D eigenvalue weighted by atomic mass is 19.1. The summed E-state index contributed by atoms with van der Waals surface area (Å²) in [5.74, 6) is -1.20. The Morgan fingerprint density at radius 1 is 1.20 bits per heavy atom. The second kappa shape index (κ2) is 4.63. The number of rotatable bonds is 3. The Morgan fingerprint density at radius 3 is 2.33 bits per heavy atom. The second-order valence-corrected chi connectivity index (χ2v) is 2.65. The zero-order chi connectivity index (χ0) is 11.4. The van der Waals surface area contributed by atoms with Gasteiger partial charge in [-0.05, 0) is 12.1 Å². The van der Waals surface area contributed by atoms with Crippen LogP contribution in [0.25, 0.3) is 0 Å². The molecule has 0 N–H and O–H groups in total. The second-order valence-electron chi connectivity index (χ2n) is 2.65. The largest absolute Gasteiger partial charge is 0.493 e. The number of esters is 1. The van der Waals surface area contributed by atoms with E-state index in [4.69, 9.17) is 9.47 Å². The Kier molecular flexibility index (Phi) is 3.49. The number of methoxy groups -OCH3 is 3. The number of hydrogen-bond donors (Lipinski definition) is 0. The number of benzene rings is 1. The number of ether oxygens (including phenoxy) is 3. The quantitative estimate of drug-likeness (QED) is 0.717. The monoisotopic (exact) mass is 214 g/mol. The average Bonchev–Trinajstić information content (AvgIpc) is 2.27. The van der Waals surface area contributed by atoms with Gasteiger partial charge in [0.05, 0.1) is 21.3 Å². The molecule has 0 amide bonds. The summed E-state index contributed by atoms with van der Waals surface area (Å²) in [6.45, 7) is 0. The number of carbonyl (C=O) groups excluding carboxylic acids is 1. The van der Waals surface area contributed by atoms with E-state index in [0.717, 1.165) is 6.07 Å². The fourth-order valence-electron chi connectivity index (χ4n) is 1.20. The first-order valence-corrected chi connectivity index (χ1v) is 4.14. The van der Waals surface area contributed by atoms with Crippen LogP contribution < -0.4 is 9.47 Å². The maximum Gasteiger partial charge on any atom is 0.344 e. The lowest BCUT2D eigenvalue weighted by Crippen LogP contribution is -2.08. The standard InChI is InChI=1S/C10H11FO4/c1-13-7-5-4-6(11)8(9(7)14-2)10(12)15-3/h4-5H,1-3H3. The third-order valence-electron chi connectivity index (χ3n) is 1.88. The first-order valence-electron chi connectivity index (χ1n) is 4.14. The van der Waals surface area contributed by atoms with Crippen molar-refractivity contribution in [1.29, 1.82) is 0 Å². The molecule has 1 rings (SSSR count). The molecule has 0 unspecified atom stereocenters. The SMILES string of the molecule is COC(=O)c1c(F)ccc(OC)c1OC. The van der Waals surface area contributed by atoms with Crippen molar-refractivity contribution in [3.05, 3.63) is 23.5 Å². The van der Waals surface area contributed by atoms with E-state index in [1.54, 1.807) is 0 Å². The Bertz CT molecular complexity index is 376. The molecule has 5 heteroatoms. The molecule has 0 radical (unpaired) electrons. The molecule has 0 spiro atoms. The molecule has 0 fully saturated rings. The average molecular weight is 214 g/mol. The minimum absolute atomic E-state index is 0.0318. The fraction of sp³-hybridized carbons (Fsp3) is 0.300. The summed E-state index contributed by atoms with van der Waals surface area (Å²) in [4.78, 5) is 11.3. The normalized spacial score (nSPS) is 9.60. The highest BCUT2D eigenvalue weighted by Crippen LogP contribution is 2.33. The van der Waals surface area contributed by atoms with Gasteiger partial charge >= 0.3 is 5.97 Å². The van der Waals surface area contributed by atoms with Gasteiger partial charge in [0.15, 0.2) is 11.5 Å². The van der Waals surface area contributed by atoms with Crippen LogP contribution in [0.3, 0.4) is 0 Å². The van der Waals surface area contributed by atoms with Gasteiger partial charge in [0, 0.05) is 0 Å². The smallest absolute Gasteiger partial charge is 0.344 e. The molecule has 0 atom stereocenters. The van der Waals surface area contributed by atoms with Crippen molar-refractivity contribution in [1.82, 2.24) is 0 Å². The van der Waals surface area contributed by atoms with Gasteiger partial charge in [-0.25, -0.2) is 9.18 Å². The third-order valence-corrected chi connectivity index (χ3v) is 1.88. The summed E-state index contributed by atoms with van der Waals surface area (Å²) in [5, 5.41) is 0. The van der Waals surface area contributed by atoms with E-state index in [9.17, 15) is 9.18 Å². The van der Waals surface area contributed by atoms with Gasteiger partial charge in [0.25, 0.3) is 0 Å². The van der Waals surface area contributed by atoms with Gasteiger partial charge in [-0.2, -0.15) is 0 Å². The predicted octanol–water partition coefficient (Wildman–Crippen LogP) is 1.63. The van der Waals surface area contributed by atoms with E-state index in [0.29, 0.717) is 0 Å². The molecule has 0 saturated carbocycles. The predicted molar refractivity (Wildman–Crippen MR) is 50.8 cm³/mol. The molecule has 0 heterocycles. The van der Waals surface area contributed by atoms with Crippen molar-refractivity contribution in [3.63, 3.8) is 0 Å². The molecule has 0 bridgehead atoms.